The van der Waals surface area contributed by atoms with Gasteiger partial charge in [0, 0.05) is 40.3 Å². The van der Waals surface area contributed by atoms with E-state index in [2.05, 4.69) is 30.0 Å². The molecule has 0 bridgehead atoms. The number of halogens is 1. The first-order valence-corrected chi connectivity index (χ1v) is 13.4. The van der Waals surface area contributed by atoms with Crippen LogP contribution in [0.5, 0.6) is 5.75 Å². The third-order valence-corrected chi connectivity index (χ3v) is 7.84. The highest BCUT2D eigenvalue weighted by atomic mass is 32.1. The minimum absolute atomic E-state index is 0.224. The van der Waals surface area contributed by atoms with Crippen molar-refractivity contribution in [3.8, 4) is 38.8 Å². The predicted molar refractivity (Wildman–Crippen MR) is 147 cm³/mol. The molecule has 0 atom stereocenters. The number of H-pyrrole nitrogens is 2. The first-order chi connectivity index (χ1) is 18.7. The quantitative estimate of drug-likeness (QED) is 0.269. The highest BCUT2D eigenvalue weighted by Crippen LogP contribution is 2.36. The third-order valence-electron chi connectivity index (χ3n) is 6.93. The van der Waals surface area contributed by atoms with Gasteiger partial charge in [-0.3, -0.25) is 20.0 Å². The van der Waals surface area contributed by atoms with Crippen molar-refractivity contribution < 1.29 is 9.13 Å². The molecule has 0 aliphatic carbocycles. The Morgan fingerprint density at radius 2 is 1.87 bits per heavy atom. The molecule has 0 radical (unpaired) electrons. The summed E-state index contributed by atoms with van der Waals surface area (Å²) in [5.41, 5.74) is 6.46. The van der Waals surface area contributed by atoms with Crippen LogP contribution in [0.1, 0.15) is 12.8 Å². The van der Waals surface area contributed by atoms with Crippen LogP contribution < -0.4 is 4.74 Å². The fraction of sp³-hybridized carbons (Fsp3) is 0.214. The van der Waals surface area contributed by atoms with Crippen LogP contribution in [0.25, 0.3) is 55.0 Å². The van der Waals surface area contributed by atoms with E-state index in [1.165, 1.54) is 18.9 Å². The summed E-state index contributed by atoms with van der Waals surface area (Å²) in [4.78, 5) is 20.3. The molecule has 1 aliphatic rings. The standard InChI is InChI=1S/C28H24FN7OS/c29-26-6-5-25(38-26)20-15-31-16-24-19(20)12-23(32-24)28-27-22(34-35-28)4-3-21(33-27)17-11-18(14-30-13-17)37-10-9-36-7-1-2-8-36/h3-6,11-16,32H,1-2,7-10H2,(H,34,35). The first kappa shape index (κ1) is 23.0. The lowest BCUT2D eigenvalue weighted by molar-refractivity contribution is 0.237. The number of likely N-dealkylation sites (tertiary alicyclic amines) is 1. The van der Waals surface area contributed by atoms with Crippen LogP contribution in [-0.4, -0.2) is 61.3 Å². The van der Waals surface area contributed by atoms with Crippen LogP contribution in [0, 0.1) is 5.13 Å². The molecule has 190 valence electrons. The molecular formula is C28H24FN7OS. The molecule has 10 heteroatoms. The Hall–Kier alpha value is -4.15. The number of rotatable bonds is 7. The summed E-state index contributed by atoms with van der Waals surface area (Å²) in [6.45, 7) is 3.87. The van der Waals surface area contributed by atoms with Crippen molar-refractivity contribution in [2.75, 3.05) is 26.2 Å². The van der Waals surface area contributed by atoms with Crippen molar-refractivity contribution in [2.24, 2.45) is 0 Å². The van der Waals surface area contributed by atoms with Crippen molar-refractivity contribution in [2.45, 2.75) is 12.8 Å². The zero-order valence-electron chi connectivity index (χ0n) is 20.4. The topological polar surface area (TPSA) is 95.6 Å². The van der Waals surface area contributed by atoms with Crippen LogP contribution in [0.4, 0.5) is 4.39 Å². The van der Waals surface area contributed by atoms with E-state index in [9.17, 15) is 4.39 Å². The number of nitrogens with zero attached hydrogens (tertiary/aromatic N) is 5. The molecule has 2 N–H and O–H groups in total. The molecule has 0 spiro atoms. The number of hydrogen-bond donors (Lipinski definition) is 2. The molecule has 0 saturated carbocycles. The maximum absolute atomic E-state index is 13.7. The number of hydrogen-bond acceptors (Lipinski definition) is 7. The highest BCUT2D eigenvalue weighted by Gasteiger charge is 2.17. The van der Waals surface area contributed by atoms with Gasteiger partial charge in [-0.1, -0.05) is 0 Å². The molecule has 6 aromatic rings. The first-order valence-electron chi connectivity index (χ1n) is 12.6. The van der Waals surface area contributed by atoms with Crippen LogP contribution in [0.3, 0.4) is 0 Å². The number of pyridine rings is 3. The average Bonchev–Trinajstić information content (AvgIpc) is 3.74. The molecule has 8 nitrogen and oxygen atoms in total. The second-order valence-corrected chi connectivity index (χ2v) is 10.4. The average molecular weight is 526 g/mol. The zero-order chi connectivity index (χ0) is 25.5. The molecule has 6 aromatic heterocycles. The number of aromatic amines is 2. The molecule has 1 saturated heterocycles. The lowest BCUT2D eigenvalue weighted by atomic mass is 10.1. The molecule has 1 fully saturated rings. The van der Waals surface area contributed by atoms with E-state index in [4.69, 9.17) is 9.72 Å². The van der Waals surface area contributed by atoms with Crippen molar-refractivity contribution in [1.82, 2.24) is 35.0 Å². The molecule has 38 heavy (non-hydrogen) atoms. The molecule has 1 aliphatic heterocycles. The normalized spacial score (nSPS) is 14.1. The number of nitrogens with one attached hydrogen (secondary N) is 2. The van der Waals surface area contributed by atoms with Gasteiger partial charge in [0.25, 0.3) is 0 Å². The summed E-state index contributed by atoms with van der Waals surface area (Å²) < 4.78 is 19.7. The Morgan fingerprint density at radius 3 is 2.74 bits per heavy atom. The SMILES string of the molecule is Fc1ccc(-c2cncc3[nH]c(-c4n[nH]c5ccc(-c6cncc(OCCN7CCCC7)c6)nc45)cc23)s1. The molecule has 0 aromatic carbocycles. The van der Waals surface area contributed by atoms with Gasteiger partial charge in [-0.2, -0.15) is 9.49 Å². The summed E-state index contributed by atoms with van der Waals surface area (Å²) in [5, 5.41) is 8.37. The van der Waals surface area contributed by atoms with Crippen molar-refractivity contribution in [3.05, 3.63) is 66.3 Å². The van der Waals surface area contributed by atoms with E-state index >= 15 is 0 Å². The Morgan fingerprint density at radius 1 is 0.974 bits per heavy atom. The van der Waals surface area contributed by atoms with Gasteiger partial charge in [0.1, 0.15) is 23.6 Å². The smallest absolute Gasteiger partial charge is 0.176 e. The van der Waals surface area contributed by atoms with Gasteiger partial charge in [0.2, 0.25) is 0 Å². The van der Waals surface area contributed by atoms with Crippen LogP contribution in [0.15, 0.2) is 61.2 Å². The highest BCUT2D eigenvalue weighted by molar-refractivity contribution is 7.14. The van der Waals surface area contributed by atoms with E-state index < -0.39 is 0 Å². The van der Waals surface area contributed by atoms with E-state index in [-0.39, 0.29) is 5.13 Å². The molecule has 0 unspecified atom stereocenters. The van der Waals surface area contributed by atoms with Gasteiger partial charge >= 0.3 is 0 Å². The van der Waals surface area contributed by atoms with Crippen molar-refractivity contribution in [1.29, 1.82) is 0 Å². The maximum Gasteiger partial charge on any atom is 0.176 e. The van der Waals surface area contributed by atoms with Gasteiger partial charge in [-0.25, -0.2) is 4.98 Å². The number of thiophene rings is 1. The molecule has 7 heterocycles. The third kappa shape index (κ3) is 4.31. The van der Waals surface area contributed by atoms with Gasteiger partial charge in [0.15, 0.2) is 5.13 Å². The number of ether oxygens (including phenoxy) is 1. The summed E-state index contributed by atoms with van der Waals surface area (Å²) in [6.07, 6.45) is 9.60. The molecule has 7 rings (SSSR count). The van der Waals surface area contributed by atoms with E-state index in [0.717, 1.165) is 86.0 Å². The van der Waals surface area contributed by atoms with Gasteiger partial charge in [-0.15, -0.1) is 11.3 Å². The van der Waals surface area contributed by atoms with Crippen LogP contribution in [-0.2, 0) is 0 Å². The van der Waals surface area contributed by atoms with Crippen molar-refractivity contribution >= 4 is 33.3 Å². The summed E-state index contributed by atoms with van der Waals surface area (Å²) in [5.74, 6) is 0.733. The Balaban J connectivity index is 1.20. The van der Waals surface area contributed by atoms with Crippen LogP contribution >= 0.6 is 11.3 Å². The van der Waals surface area contributed by atoms with E-state index in [1.54, 1.807) is 30.9 Å². The summed E-state index contributed by atoms with van der Waals surface area (Å²) in [7, 11) is 0. The molecule has 0 amide bonds. The lowest BCUT2D eigenvalue weighted by Crippen LogP contribution is -2.25. The number of fused-ring (bicyclic) bond motifs is 2. The van der Waals surface area contributed by atoms with E-state index in [0.29, 0.717) is 12.3 Å². The van der Waals surface area contributed by atoms with Gasteiger partial charge in [0.05, 0.1) is 34.8 Å². The summed E-state index contributed by atoms with van der Waals surface area (Å²) in [6, 6.07) is 11.2. The van der Waals surface area contributed by atoms with Gasteiger partial charge in [-0.05, 0) is 62.3 Å². The van der Waals surface area contributed by atoms with E-state index in [1.807, 2.05) is 24.3 Å². The Bertz CT molecular complexity index is 1750. The largest absolute Gasteiger partial charge is 0.491 e. The molecular weight excluding hydrogens is 501 g/mol. The second-order valence-electron chi connectivity index (χ2n) is 9.41. The second kappa shape index (κ2) is 9.62. The fourth-order valence-corrected chi connectivity index (χ4v) is 5.77. The monoisotopic (exact) mass is 525 g/mol. The van der Waals surface area contributed by atoms with Gasteiger partial charge < -0.3 is 9.72 Å². The minimum atomic E-state index is -0.224. The lowest BCUT2D eigenvalue weighted by Gasteiger charge is -2.15. The zero-order valence-corrected chi connectivity index (χ0v) is 21.3. The van der Waals surface area contributed by atoms with Crippen LogP contribution in [0.2, 0.25) is 0 Å². The number of aromatic nitrogens is 6. The Kier molecular flexibility index (Phi) is 5.82. The maximum atomic E-state index is 13.7. The summed E-state index contributed by atoms with van der Waals surface area (Å²) >= 11 is 1.10. The minimum Gasteiger partial charge on any atom is -0.491 e. The predicted octanol–water partition coefficient (Wildman–Crippen LogP) is 5.91. The van der Waals surface area contributed by atoms with Crippen molar-refractivity contribution in [3.63, 3.8) is 0 Å². The fourth-order valence-electron chi connectivity index (χ4n) is 5.02. The Labute approximate surface area is 221 Å².